The van der Waals surface area contributed by atoms with Crippen molar-refractivity contribution in [3.63, 3.8) is 0 Å². The third-order valence-electron chi connectivity index (χ3n) is 3.78. The zero-order valence-corrected chi connectivity index (χ0v) is 10.6. The summed E-state index contributed by atoms with van der Waals surface area (Å²) in [6.07, 6.45) is 5.17. The van der Waals surface area contributed by atoms with Crippen molar-refractivity contribution < 1.29 is 9.53 Å². The molecular formula is C12H24N2O2. The summed E-state index contributed by atoms with van der Waals surface area (Å²) in [4.78, 5) is 12.0. The molecule has 0 aliphatic heterocycles. The second kappa shape index (κ2) is 6.21. The van der Waals surface area contributed by atoms with Crippen molar-refractivity contribution in [2.45, 2.75) is 45.1 Å². The van der Waals surface area contributed by atoms with Gasteiger partial charge in [0.1, 0.15) is 0 Å². The molecule has 0 spiro atoms. The van der Waals surface area contributed by atoms with E-state index in [2.05, 4.69) is 17.6 Å². The number of esters is 1. The first-order chi connectivity index (χ1) is 7.71. The molecule has 0 amide bonds. The summed E-state index contributed by atoms with van der Waals surface area (Å²) < 4.78 is 4.99. The van der Waals surface area contributed by atoms with E-state index in [1.807, 2.05) is 7.05 Å². The molecule has 0 aromatic carbocycles. The van der Waals surface area contributed by atoms with Gasteiger partial charge in [-0.15, -0.1) is 0 Å². The molecule has 0 heterocycles. The highest BCUT2D eigenvalue weighted by molar-refractivity contribution is 5.77. The van der Waals surface area contributed by atoms with Crippen LogP contribution in [0.15, 0.2) is 0 Å². The standard InChI is InChI=1S/C12H24N2O2/c1-4-12(11(15)16-3)8-6-5-7-10(12)14-9-13-2/h10,13-14H,4-9H2,1-3H3/t10-,12-/m1/s1. The molecule has 1 fully saturated rings. The lowest BCUT2D eigenvalue weighted by Gasteiger charge is -2.41. The minimum absolute atomic E-state index is 0.0525. The number of carbonyl (C=O) groups excluding carboxylic acids is 1. The van der Waals surface area contributed by atoms with Gasteiger partial charge in [0.05, 0.1) is 12.5 Å². The van der Waals surface area contributed by atoms with Gasteiger partial charge in [-0.1, -0.05) is 19.8 Å². The Morgan fingerprint density at radius 3 is 2.81 bits per heavy atom. The van der Waals surface area contributed by atoms with Crippen LogP contribution >= 0.6 is 0 Å². The van der Waals surface area contributed by atoms with Crippen molar-refractivity contribution in [2.24, 2.45) is 5.41 Å². The van der Waals surface area contributed by atoms with Crippen molar-refractivity contribution in [1.29, 1.82) is 0 Å². The van der Waals surface area contributed by atoms with E-state index in [4.69, 9.17) is 4.74 Å². The van der Waals surface area contributed by atoms with Gasteiger partial charge in [-0.25, -0.2) is 0 Å². The smallest absolute Gasteiger partial charge is 0.313 e. The number of hydrogen-bond acceptors (Lipinski definition) is 4. The van der Waals surface area contributed by atoms with Crippen LogP contribution in [-0.4, -0.2) is 32.8 Å². The van der Waals surface area contributed by atoms with Crippen LogP contribution in [0.1, 0.15) is 39.0 Å². The molecule has 0 aromatic rings. The predicted molar refractivity (Wildman–Crippen MR) is 64.1 cm³/mol. The highest BCUT2D eigenvalue weighted by Gasteiger charge is 2.46. The van der Waals surface area contributed by atoms with Crippen LogP contribution in [0.3, 0.4) is 0 Å². The Morgan fingerprint density at radius 1 is 1.50 bits per heavy atom. The summed E-state index contributed by atoms with van der Waals surface area (Å²) in [6, 6.07) is 0.242. The van der Waals surface area contributed by atoms with Gasteiger partial charge in [-0.05, 0) is 26.3 Å². The Balaban J connectivity index is 2.78. The maximum atomic E-state index is 12.0. The molecule has 1 rings (SSSR count). The maximum Gasteiger partial charge on any atom is 0.313 e. The Labute approximate surface area is 98.1 Å². The summed E-state index contributed by atoms with van der Waals surface area (Å²) in [7, 11) is 3.39. The molecule has 2 N–H and O–H groups in total. The average Bonchev–Trinajstić information content (AvgIpc) is 2.35. The molecule has 0 radical (unpaired) electrons. The van der Waals surface area contributed by atoms with Gasteiger partial charge in [-0.3, -0.25) is 4.79 Å². The molecule has 0 unspecified atom stereocenters. The zero-order chi connectivity index (χ0) is 12.0. The van der Waals surface area contributed by atoms with Gasteiger partial charge < -0.3 is 15.4 Å². The molecule has 4 nitrogen and oxygen atoms in total. The minimum atomic E-state index is -0.316. The van der Waals surface area contributed by atoms with Crippen LogP contribution in [-0.2, 0) is 9.53 Å². The lowest BCUT2D eigenvalue weighted by molar-refractivity contribution is -0.157. The quantitative estimate of drug-likeness (QED) is 0.549. The van der Waals surface area contributed by atoms with Crippen molar-refractivity contribution in [3.8, 4) is 0 Å². The van der Waals surface area contributed by atoms with Crippen LogP contribution in [0.4, 0.5) is 0 Å². The van der Waals surface area contributed by atoms with Crippen molar-refractivity contribution >= 4 is 5.97 Å². The highest BCUT2D eigenvalue weighted by atomic mass is 16.5. The lowest BCUT2D eigenvalue weighted by Crippen LogP contribution is -2.53. The van der Waals surface area contributed by atoms with Crippen LogP contribution in [0.2, 0.25) is 0 Å². The predicted octanol–water partition coefficient (Wildman–Crippen LogP) is 1.26. The molecule has 94 valence electrons. The maximum absolute atomic E-state index is 12.0. The van der Waals surface area contributed by atoms with Crippen molar-refractivity contribution in [3.05, 3.63) is 0 Å². The van der Waals surface area contributed by atoms with E-state index in [9.17, 15) is 4.79 Å². The monoisotopic (exact) mass is 228 g/mol. The third-order valence-corrected chi connectivity index (χ3v) is 3.78. The van der Waals surface area contributed by atoms with Crippen LogP contribution in [0.5, 0.6) is 0 Å². The Kier molecular flexibility index (Phi) is 5.22. The number of carbonyl (C=O) groups is 1. The van der Waals surface area contributed by atoms with Crippen LogP contribution < -0.4 is 10.6 Å². The van der Waals surface area contributed by atoms with E-state index >= 15 is 0 Å². The average molecular weight is 228 g/mol. The molecule has 16 heavy (non-hydrogen) atoms. The Bertz CT molecular complexity index is 233. The highest BCUT2D eigenvalue weighted by Crippen LogP contribution is 2.40. The number of rotatable bonds is 5. The SMILES string of the molecule is CC[C@@]1(C(=O)OC)CCCC[C@H]1NCNC. The summed E-state index contributed by atoms with van der Waals surface area (Å²) in [5.41, 5.74) is -0.316. The number of methoxy groups -OCH3 is 1. The van der Waals surface area contributed by atoms with Crippen LogP contribution in [0.25, 0.3) is 0 Å². The molecule has 2 atom stereocenters. The first-order valence-electron chi connectivity index (χ1n) is 6.17. The number of ether oxygens (including phenoxy) is 1. The fourth-order valence-electron chi connectivity index (χ4n) is 2.78. The number of hydrogen-bond donors (Lipinski definition) is 2. The molecule has 0 saturated heterocycles. The second-order valence-corrected chi connectivity index (χ2v) is 4.53. The van der Waals surface area contributed by atoms with E-state index in [1.54, 1.807) is 0 Å². The molecular weight excluding hydrogens is 204 g/mol. The largest absolute Gasteiger partial charge is 0.469 e. The van der Waals surface area contributed by atoms with E-state index in [0.717, 1.165) is 32.4 Å². The molecule has 4 heteroatoms. The normalized spacial score (nSPS) is 30.1. The molecule has 1 aliphatic carbocycles. The molecule has 1 saturated carbocycles. The molecule has 0 bridgehead atoms. The van der Waals surface area contributed by atoms with Gasteiger partial charge in [0, 0.05) is 12.7 Å². The summed E-state index contributed by atoms with van der Waals surface area (Å²) in [6.45, 7) is 2.82. The van der Waals surface area contributed by atoms with Crippen molar-refractivity contribution in [1.82, 2.24) is 10.6 Å². The molecule has 1 aliphatic rings. The van der Waals surface area contributed by atoms with Gasteiger partial charge in [0.25, 0.3) is 0 Å². The first kappa shape index (κ1) is 13.5. The fraction of sp³-hybridized carbons (Fsp3) is 0.917. The van der Waals surface area contributed by atoms with Crippen LogP contribution in [0, 0.1) is 5.41 Å². The third kappa shape index (κ3) is 2.55. The van der Waals surface area contributed by atoms with E-state index < -0.39 is 0 Å². The van der Waals surface area contributed by atoms with Gasteiger partial charge in [0.15, 0.2) is 0 Å². The van der Waals surface area contributed by atoms with Gasteiger partial charge in [-0.2, -0.15) is 0 Å². The first-order valence-corrected chi connectivity index (χ1v) is 6.17. The minimum Gasteiger partial charge on any atom is -0.469 e. The lowest BCUT2D eigenvalue weighted by atomic mass is 9.68. The topological polar surface area (TPSA) is 50.4 Å². The van der Waals surface area contributed by atoms with Gasteiger partial charge >= 0.3 is 5.97 Å². The summed E-state index contributed by atoms with van der Waals surface area (Å²) in [5.74, 6) is -0.0525. The molecule has 0 aromatic heterocycles. The zero-order valence-electron chi connectivity index (χ0n) is 10.6. The summed E-state index contributed by atoms with van der Waals surface area (Å²) in [5, 5.41) is 6.49. The van der Waals surface area contributed by atoms with Gasteiger partial charge in [0.2, 0.25) is 0 Å². The van der Waals surface area contributed by atoms with E-state index in [-0.39, 0.29) is 17.4 Å². The van der Waals surface area contributed by atoms with Crippen molar-refractivity contribution in [2.75, 3.05) is 20.8 Å². The van der Waals surface area contributed by atoms with E-state index in [0.29, 0.717) is 0 Å². The fourth-order valence-corrected chi connectivity index (χ4v) is 2.78. The second-order valence-electron chi connectivity index (χ2n) is 4.53. The number of nitrogens with one attached hydrogen (secondary N) is 2. The Morgan fingerprint density at radius 2 is 2.25 bits per heavy atom. The summed E-state index contributed by atoms with van der Waals surface area (Å²) >= 11 is 0. The Hall–Kier alpha value is -0.610. The van der Waals surface area contributed by atoms with E-state index in [1.165, 1.54) is 13.5 Å².